The molecule has 1 atom stereocenters. The van der Waals surface area contributed by atoms with Gasteiger partial charge in [-0.15, -0.1) is 11.3 Å². The molecule has 0 bridgehead atoms. The third-order valence-electron chi connectivity index (χ3n) is 3.25. The smallest absolute Gasteiger partial charge is 0.0701 e. The quantitative estimate of drug-likeness (QED) is 0.833. The Morgan fingerprint density at radius 1 is 1.11 bits per heavy atom. The topological polar surface area (TPSA) is 26.0 Å². The van der Waals surface area contributed by atoms with E-state index in [1.807, 2.05) is 0 Å². The largest absolute Gasteiger partial charge is 0.324 e. The molecular formula is C16H20BrNS. The third kappa shape index (κ3) is 3.91. The van der Waals surface area contributed by atoms with Gasteiger partial charge in [0.2, 0.25) is 0 Å². The first-order valence-electron chi connectivity index (χ1n) is 6.46. The number of nitrogens with two attached hydrogens (primary N) is 1. The van der Waals surface area contributed by atoms with Crippen LogP contribution in [-0.2, 0) is 11.8 Å². The van der Waals surface area contributed by atoms with Gasteiger partial charge in [-0.25, -0.2) is 0 Å². The molecule has 0 radical (unpaired) electrons. The van der Waals surface area contributed by atoms with E-state index in [1.54, 1.807) is 11.3 Å². The summed E-state index contributed by atoms with van der Waals surface area (Å²) >= 11 is 5.24. The van der Waals surface area contributed by atoms with Crippen LogP contribution < -0.4 is 5.73 Å². The lowest BCUT2D eigenvalue weighted by molar-refractivity contribution is 0.589. The molecular weight excluding hydrogens is 318 g/mol. The van der Waals surface area contributed by atoms with Crippen molar-refractivity contribution in [3.63, 3.8) is 0 Å². The fourth-order valence-corrected chi connectivity index (χ4v) is 3.57. The maximum absolute atomic E-state index is 6.29. The normalized spacial score (nSPS) is 13.5. The number of benzene rings is 1. The minimum absolute atomic E-state index is 0.0690. The van der Waals surface area contributed by atoms with Crippen molar-refractivity contribution in [1.29, 1.82) is 0 Å². The second kappa shape index (κ2) is 5.78. The highest BCUT2D eigenvalue weighted by Crippen LogP contribution is 2.27. The molecule has 1 nitrogen and oxygen atoms in total. The van der Waals surface area contributed by atoms with Gasteiger partial charge >= 0.3 is 0 Å². The van der Waals surface area contributed by atoms with Gasteiger partial charge in [-0.1, -0.05) is 45.0 Å². The molecule has 1 aromatic carbocycles. The predicted molar refractivity (Wildman–Crippen MR) is 87.8 cm³/mol. The molecule has 2 N–H and O–H groups in total. The SMILES string of the molecule is CC(C)(C)c1ccc(C(N)Cc2ccc(Br)s2)cc1. The summed E-state index contributed by atoms with van der Waals surface area (Å²) in [5, 5.41) is 0. The van der Waals surface area contributed by atoms with Crippen molar-refractivity contribution < 1.29 is 0 Å². The fraction of sp³-hybridized carbons (Fsp3) is 0.375. The summed E-state index contributed by atoms with van der Waals surface area (Å²) in [6.45, 7) is 6.68. The lowest BCUT2D eigenvalue weighted by atomic mass is 9.86. The standard InChI is InChI=1S/C16H20BrNS/c1-16(2,3)12-6-4-11(5-7-12)14(18)10-13-8-9-15(17)19-13/h4-9,14H,10,18H2,1-3H3. The van der Waals surface area contributed by atoms with E-state index in [9.17, 15) is 0 Å². The summed E-state index contributed by atoms with van der Waals surface area (Å²) in [6, 6.07) is 13.0. The van der Waals surface area contributed by atoms with Crippen LogP contribution in [0.2, 0.25) is 0 Å². The molecule has 0 amide bonds. The van der Waals surface area contributed by atoms with Crippen LogP contribution in [0.1, 0.15) is 42.8 Å². The third-order valence-corrected chi connectivity index (χ3v) is 4.90. The molecule has 2 rings (SSSR count). The molecule has 0 aliphatic carbocycles. The second-order valence-electron chi connectivity index (χ2n) is 5.89. The van der Waals surface area contributed by atoms with Crippen LogP contribution in [0.15, 0.2) is 40.2 Å². The summed E-state index contributed by atoms with van der Waals surface area (Å²) < 4.78 is 1.16. The highest BCUT2D eigenvalue weighted by atomic mass is 79.9. The zero-order chi connectivity index (χ0) is 14.0. The van der Waals surface area contributed by atoms with E-state index < -0.39 is 0 Å². The maximum atomic E-state index is 6.29. The van der Waals surface area contributed by atoms with Gasteiger partial charge in [0.05, 0.1) is 3.79 Å². The van der Waals surface area contributed by atoms with E-state index in [4.69, 9.17) is 5.73 Å². The predicted octanol–water partition coefficient (Wildman–Crippen LogP) is 5.05. The van der Waals surface area contributed by atoms with Gasteiger partial charge in [-0.05, 0) is 44.6 Å². The fourth-order valence-electron chi connectivity index (χ4n) is 2.03. The van der Waals surface area contributed by atoms with Crippen molar-refractivity contribution in [2.75, 3.05) is 0 Å². The molecule has 2 aromatic rings. The molecule has 3 heteroatoms. The molecule has 1 heterocycles. The summed E-state index contributed by atoms with van der Waals surface area (Å²) in [5.41, 5.74) is 9.04. The number of hydrogen-bond donors (Lipinski definition) is 1. The molecule has 0 aliphatic heterocycles. The van der Waals surface area contributed by atoms with Gasteiger partial charge in [0.25, 0.3) is 0 Å². The lowest BCUT2D eigenvalue weighted by Crippen LogP contribution is -2.14. The number of thiophene rings is 1. The molecule has 19 heavy (non-hydrogen) atoms. The first-order valence-corrected chi connectivity index (χ1v) is 8.07. The van der Waals surface area contributed by atoms with Crippen LogP contribution in [-0.4, -0.2) is 0 Å². The van der Waals surface area contributed by atoms with Crippen molar-refractivity contribution in [2.45, 2.75) is 38.6 Å². The van der Waals surface area contributed by atoms with Crippen LogP contribution in [0.3, 0.4) is 0 Å². The lowest BCUT2D eigenvalue weighted by Gasteiger charge is -2.20. The molecule has 0 spiro atoms. The van der Waals surface area contributed by atoms with E-state index in [2.05, 4.69) is 73.1 Å². The zero-order valence-corrected chi connectivity index (χ0v) is 14.0. The van der Waals surface area contributed by atoms with Gasteiger partial charge in [0, 0.05) is 17.3 Å². The first kappa shape index (κ1) is 14.8. The summed E-state index contributed by atoms with van der Waals surface area (Å²) in [4.78, 5) is 1.32. The molecule has 0 saturated heterocycles. The van der Waals surface area contributed by atoms with E-state index in [0.717, 1.165) is 10.2 Å². The van der Waals surface area contributed by atoms with Crippen LogP contribution in [0.25, 0.3) is 0 Å². The first-order chi connectivity index (χ1) is 8.86. The van der Waals surface area contributed by atoms with E-state index >= 15 is 0 Å². The van der Waals surface area contributed by atoms with Crippen molar-refractivity contribution >= 4 is 27.3 Å². The van der Waals surface area contributed by atoms with E-state index in [-0.39, 0.29) is 11.5 Å². The molecule has 1 unspecified atom stereocenters. The minimum Gasteiger partial charge on any atom is -0.324 e. The molecule has 1 aromatic heterocycles. The highest BCUT2D eigenvalue weighted by Gasteiger charge is 2.14. The van der Waals surface area contributed by atoms with Gasteiger partial charge in [0.1, 0.15) is 0 Å². The Kier molecular flexibility index (Phi) is 4.49. The molecule has 102 valence electrons. The Balaban J connectivity index is 2.09. The highest BCUT2D eigenvalue weighted by molar-refractivity contribution is 9.11. The van der Waals surface area contributed by atoms with Gasteiger partial charge < -0.3 is 5.73 Å². The van der Waals surface area contributed by atoms with Crippen LogP contribution in [0.4, 0.5) is 0 Å². The monoisotopic (exact) mass is 337 g/mol. The minimum atomic E-state index is 0.0690. The van der Waals surface area contributed by atoms with Crippen molar-refractivity contribution in [2.24, 2.45) is 5.73 Å². The number of halogens is 1. The number of rotatable bonds is 3. The van der Waals surface area contributed by atoms with Crippen LogP contribution in [0.5, 0.6) is 0 Å². The number of hydrogen-bond acceptors (Lipinski definition) is 2. The molecule has 0 fully saturated rings. The Labute approximate surface area is 128 Å². The average molecular weight is 338 g/mol. The zero-order valence-electron chi connectivity index (χ0n) is 11.6. The summed E-state index contributed by atoms with van der Waals surface area (Å²) in [5.74, 6) is 0. The molecule has 0 saturated carbocycles. The van der Waals surface area contributed by atoms with Crippen molar-refractivity contribution in [3.8, 4) is 0 Å². The second-order valence-corrected chi connectivity index (χ2v) is 8.44. The van der Waals surface area contributed by atoms with Gasteiger partial charge in [-0.3, -0.25) is 0 Å². The Bertz CT molecular complexity index is 537. The average Bonchev–Trinajstić information content (AvgIpc) is 2.74. The van der Waals surface area contributed by atoms with Crippen molar-refractivity contribution in [1.82, 2.24) is 0 Å². The maximum Gasteiger partial charge on any atom is 0.0701 e. The van der Waals surface area contributed by atoms with Crippen LogP contribution in [0, 0.1) is 0 Å². The molecule has 0 aliphatic rings. The Hall–Kier alpha value is -0.640. The van der Waals surface area contributed by atoms with Gasteiger partial charge in [-0.2, -0.15) is 0 Å². The van der Waals surface area contributed by atoms with E-state index in [0.29, 0.717) is 0 Å². The van der Waals surface area contributed by atoms with Gasteiger partial charge in [0.15, 0.2) is 0 Å². The Morgan fingerprint density at radius 2 is 1.74 bits per heavy atom. The van der Waals surface area contributed by atoms with Crippen LogP contribution >= 0.6 is 27.3 Å². The Morgan fingerprint density at radius 3 is 2.21 bits per heavy atom. The summed E-state index contributed by atoms with van der Waals surface area (Å²) in [6.07, 6.45) is 0.894. The van der Waals surface area contributed by atoms with Crippen molar-refractivity contribution in [3.05, 3.63) is 56.2 Å². The summed E-state index contributed by atoms with van der Waals surface area (Å²) in [7, 11) is 0. The van der Waals surface area contributed by atoms with E-state index in [1.165, 1.54) is 16.0 Å².